The van der Waals surface area contributed by atoms with Crippen LogP contribution in [0, 0.1) is 17.3 Å². The second-order valence-corrected chi connectivity index (χ2v) is 7.55. The Morgan fingerprint density at radius 3 is 2.33 bits per heavy atom. The van der Waals surface area contributed by atoms with E-state index in [2.05, 4.69) is 41.0 Å². The van der Waals surface area contributed by atoms with E-state index in [9.17, 15) is 0 Å². The third kappa shape index (κ3) is 2.64. The molecule has 1 saturated heterocycles. The normalized spacial score (nSPS) is 27.8. The van der Waals surface area contributed by atoms with E-state index < -0.39 is 0 Å². The Balaban J connectivity index is 1.88. The fourth-order valence-electron chi connectivity index (χ4n) is 3.60. The topological polar surface area (TPSA) is 93.1 Å². The molecule has 1 aliphatic carbocycles. The first-order chi connectivity index (χ1) is 9.80. The number of anilines is 3. The molecule has 2 fully saturated rings. The summed E-state index contributed by atoms with van der Waals surface area (Å²) >= 11 is 0. The number of nitrogens with zero attached hydrogens (tertiary/aromatic N) is 3. The average Bonchev–Trinajstić information content (AvgIpc) is 2.83. The second-order valence-electron chi connectivity index (χ2n) is 7.55. The monoisotopic (exact) mass is 290 g/mol. The molecule has 0 aromatic carbocycles. The lowest BCUT2D eigenvalue weighted by Crippen LogP contribution is -2.32. The Labute approximate surface area is 126 Å². The molecule has 1 saturated carbocycles. The van der Waals surface area contributed by atoms with Crippen LogP contribution in [0.2, 0.25) is 0 Å². The highest BCUT2D eigenvalue weighted by Crippen LogP contribution is 2.47. The van der Waals surface area contributed by atoms with Crippen molar-refractivity contribution in [1.82, 2.24) is 15.3 Å². The van der Waals surface area contributed by atoms with E-state index >= 15 is 0 Å². The molecule has 0 spiro atoms. The number of aromatic nitrogens is 2. The van der Waals surface area contributed by atoms with Gasteiger partial charge in [0.1, 0.15) is 11.6 Å². The smallest absolute Gasteiger partial charge is 0.223 e. The quantitative estimate of drug-likeness (QED) is 0.765. The molecule has 3 rings (SSSR count). The van der Waals surface area contributed by atoms with Gasteiger partial charge in [0.2, 0.25) is 5.95 Å². The van der Waals surface area contributed by atoms with Crippen LogP contribution in [0.3, 0.4) is 0 Å². The van der Waals surface area contributed by atoms with Crippen molar-refractivity contribution in [2.24, 2.45) is 17.3 Å². The molecule has 5 N–H and O–H groups in total. The van der Waals surface area contributed by atoms with E-state index in [1.807, 2.05) is 7.05 Å². The lowest BCUT2D eigenvalue weighted by molar-refractivity contribution is 0.410. The van der Waals surface area contributed by atoms with E-state index in [0.717, 1.165) is 42.7 Å². The fourth-order valence-corrected chi connectivity index (χ4v) is 3.60. The van der Waals surface area contributed by atoms with Crippen LogP contribution < -0.4 is 21.7 Å². The van der Waals surface area contributed by atoms with E-state index in [4.69, 9.17) is 11.5 Å². The molecule has 116 valence electrons. The fraction of sp³-hybridized carbons (Fsp3) is 0.733. The summed E-state index contributed by atoms with van der Waals surface area (Å²) in [5.74, 6) is 3.20. The van der Waals surface area contributed by atoms with Crippen LogP contribution in [-0.4, -0.2) is 36.1 Å². The molecular formula is C15H26N6. The number of fused-ring (bicyclic) bond motifs is 1. The van der Waals surface area contributed by atoms with Crippen LogP contribution in [0.5, 0.6) is 0 Å². The summed E-state index contributed by atoms with van der Waals surface area (Å²) in [7, 11) is 2.04. The molecule has 0 radical (unpaired) electrons. The third-order valence-corrected chi connectivity index (χ3v) is 4.57. The summed E-state index contributed by atoms with van der Waals surface area (Å²) in [4.78, 5) is 11.0. The summed E-state index contributed by atoms with van der Waals surface area (Å²) in [6.45, 7) is 8.66. The van der Waals surface area contributed by atoms with Gasteiger partial charge in [0.15, 0.2) is 0 Å². The predicted octanol–water partition coefficient (Wildman–Crippen LogP) is 0.884. The zero-order chi connectivity index (χ0) is 15.4. The van der Waals surface area contributed by atoms with Gasteiger partial charge < -0.3 is 21.7 Å². The number of piperidine rings is 1. The van der Waals surface area contributed by atoms with Crippen LogP contribution in [0.25, 0.3) is 0 Å². The second kappa shape index (κ2) is 4.73. The molecular weight excluding hydrogens is 264 g/mol. The molecule has 0 amide bonds. The molecule has 1 aliphatic heterocycles. The number of nitrogens with two attached hydrogens (primary N) is 2. The Morgan fingerprint density at radius 1 is 1.19 bits per heavy atom. The molecule has 1 aromatic rings. The molecule has 1 unspecified atom stereocenters. The zero-order valence-corrected chi connectivity index (χ0v) is 13.3. The summed E-state index contributed by atoms with van der Waals surface area (Å²) in [6, 6.07) is 0.670. The maximum atomic E-state index is 6.13. The minimum Gasteiger partial charge on any atom is -0.383 e. The highest BCUT2D eigenvalue weighted by Gasteiger charge is 2.55. The molecule has 2 heterocycles. The van der Waals surface area contributed by atoms with Gasteiger partial charge in [-0.2, -0.15) is 9.97 Å². The minimum absolute atomic E-state index is 0.137. The Kier molecular flexibility index (Phi) is 3.24. The molecule has 6 nitrogen and oxygen atoms in total. The number of nitrogens with one attached hydrogen (secondary N) is 1. The van der Waals surface area contributed by atoms with Gasteiger partial charge in [-0.3, -0.25) is 0 Å². The van der Waals surface area contributed by atoms with Crippen molar-refractivity contribution >= 4 is 17.6 Å². The van der Waals surface area contributed by atoms with Crippen molar-refractivity contribution < 1.29 is 0 Å². The Morgan fingerprint density at radius 2 is 1.81 bits per heavy atom. The first-order valence-corrected chi connectivity index (χ1v) is 7.64. The number of nitrogen functional groups attached to an aromatic ring is 2. The van der Waals surface area contributed by atoms with Gasteiger partial charge in [0, 0.05) is 24.7 Å². The van der Waals surface area contributed by atoms with Gasteiger partial charge in [-0.1, -0.05) is 20.8 Å². The Hall–Kier alpha value is -1.56. The molecule has 2 aliphatic rings. The highest BCUT2D eigenvalue weighted by molar-refractivity contribution is 5.61. The zero-order valence-electron chi connectivity index (χ0n) is 13.3. The minimum atomic E-state index is 0.137. The molecule has 21 heavy (non-hydrogen) atoms. The molecule has 3 atom stereocenters. The van der Waals surface area contributed by atoms with Crippen molar-refractivity contribution in [2.45, 2.75) is 33.2 Å². The van der Waals surface area contributed by atoms with E-state index in [1.54, 1.807) is 0 Å². The maximum absolute atomic E-state index is 6.13. The summed E-state index contributed by atoms with van der Waals surface area (Å²) < 4.78 is 0. The lowest BCUT2D eigenvalue weighted by atomic mass is 9.88. The van der Waals surface area contributed by atoms with Gasteiger partial charge >= 0.3 is 0 Å². The molecule has 1 aromatic heterocycles. The van der Waals surface area contributed by atoms with Gasteiger partial charge in [0.25, 0.3) is 0 Å². The van der Waals surface area contributed by atoms with Crippen molar-refractivity contribution in [3.05, 3.63) is 5.56 Å². The number of hydrogen-bond donors (Lipinski definition) is 3. The SMILES string of the molecule is CNC1[C@H]2CN(c3nc(N)nc(N)c3CC(C)(C)C)C[C@@H]12. The molecule has 6 heteroatoms. The third-order valence-electron chi connectivity index (χ3n) is 4.57. The molecule has 0 bridgehead atoms. The van der Waals surface area contributed by atoms with Crippen LogP contribution in [-0.2, 0) is 6.42 Å². The van der Waals surface area contributed by atoms with Crippen molar-refractivity contribution in [3.63, 3.8) is 0 Å². The largest absolute Gasteiger partial charge is 0.383 e. The van der Waals surface area contributed by atoms with E-state index in [0.29, 0.717) is 11.9 Å². The van der Waals surface area contributed by atoms with Crippen LogP contribution in [0.4, 0.5) is 17.6 Å². The maximum Gasteiger partial charge on any atom is 0.223 e. The van der Waals surface area contributed by atoms with Crippen molar-refractivity contribution in [3.8, 4) is 0 Å². The highest BCUT2D eigenvalue weighted by atomic mass is 15.3. The standard InChI is InChI=1S/C15H26N6/c1-15(2,3)5-8-12(16)19-14(17)20-13(8)21-6-9-10(7-21)11(9)18-4/h9-11,18H,5-7H2,1-4H3,(H4,16,17,19,20)/t9-,10+,11?. The lowest BCUT2D eigenvalue weighted by Gasteiger charge is -2.27. The van der Waals surface area contributed by atoms with Gasteiger partial charge in [0.05, 0.1) is 0 Å². The van der Waals surface area contributed by atoms with Gasteiger partial charge in [-0.05, 0) is 30.7 Å². The summed E-state index contributed by atoms with van der Waals surface area (Å²) in [6.07, 6.45) is 0.857. The summed E-state index contributed by atoms with van der Waals surface area (Å²) in [5.41, 5.74) is 13.1. The first kappa shape index (κ1) is 14.4. The van der Waals surface area contributed by atoms with Crippen LogP contribution in [0.1, 0.15) is 26.3 Å². The van der Waals surface area contributed by atoms with Crippen LogP contribution in [0.15, 0.2) is 0 Å². The van der Waals surface area contributed by atoms with Gasteiger partial charge in [-0.15, -0.1) is 0 Å². The number of hydrogen-bond acceptors (Lipinski definition) is 6. The van der Waals surface area contributed by atoms with Crippen LogP contribution >= 0.6 is 0 Å². The van der Waals surface area contributed by atoms with E-state index in [-0.39, 0.29) is 11.4 Å². The average molecular weight is 290 g/mol. The first-order valence-electron chi connectivity index (χ1n) is 7.64. The van der Waals surface area contributed by atoms with Crippen molar-refractivity contribution in [2.75, 3.05) is 36.5 Å². The van der Waals surface area contributed by atoms with E-state index in [1.165, 1.54) is 0 Å². The van der Waals surface area contributed by atoms with Crippen molar-refractivity contribution in [1.29, 1.82) is 0 Å². The number of rotatable bonds is 3. The summed E-state index contributed by atoms with van der Waals surface area (Å²) in [5, 5.41) is 3.38. The predicted molar refractivity (Wildman–Crippen MR) is 86.1 cm³/mol. The Bertz CT molecular complexity index is 538. The van der Waals surface area contributed by atoms with Gasteiger partial charge in [-0.25, -0.2) is 0 Å².